The van der Waals surface area contributed by atoms with Gasteiger partial charge in [-0.3, -0.25) is 9.78 Å². The fourth-order valence-electron chi connectivity index (χ4n) is 3.19. The van der Waals surface area contributed by atoms with Crippen LogP contribution in [0.1, 0.15) is 21.9 Å². The predicted molar refractivity (Wildman–Crippen MR) is 116 cm³/mol. The van der Waals surface area contributed by atoms with E-state index in [9.17, 15) is 4.79 Å². The molecule has 2 heterocycles. The molecule has 0 fully saturated rings. The molecule has 0 radical (unpaired) electrons. The minimum Gasteiger partial charge on any atom is -0.350 e. The molecule has 0 saturated carbocycles. The number of carbonyl (C=O) groups excluding carboxylic acids is 1. The van der Waals surface area contributed by atoms with Gasteiger partial charge in [0.15, 0.2) is 0 Å². The number of halogens is 2. The van der Waals surface area contributed by atoms with Gasteiger partial charge in [-0.15, -0.1) is 0 Å². The maximum atomic E-state index is 12.2. The van der Waals surface area contributed by atoms with Gasteiger partial charge in [0, 0.05) is 29.2 Å². The van der Waals surface area contributed by atoms with Crippen molar-refractivity contribution in [2.75, 3.05) is 6.54 Å². The maximum Gasteiger partial charge on any atom is 0.269 e. The number of fused-ring (bicyclic) bond motifs is 1. The lowest BCUT2D eigenvalue weighted by atomic mass is 10.2. The van der Waals surface area contributed by atoms with Crippen molar-refractivity contribution in [2.24, 2.45) is 0 Å². The quantitative estimate of drug-likeness (QED) is 0.485. The van der Waals surface area contributed by atoms with Gasteiger partial charge < -0.3 is 9.88 Å². The van der Waals surface area contributed by atoms with Gasteiger partial charge in [-0.2, -0.15) is 0 Å². The number of para-hydroxylation sites is 2. The van der Waals surface area contributed by atoms with Gasteiger partial charge in [-0.1, -0.05) is 47.5 Å². The minimum absolute atomic E-state index is 0.200. The number of hydrogen-bond acceptors (Lipinski definition) is 3. The van der Waals surface area contributed by atoms with E-state index in [1.54, 1.807) is 30.5 Å². The van der Waals surface area contributed by atoms with Gasteiger partial charge in [0.1, 0.15) is 11.5 Å². The number of amides is 1. The highest BCUT2D eigenvalue weighted by atomic mass is 35.5. The number of imidazole rings is 1. The van der Waals surface area contributed by atoms with Crippen molar-refractivity contribution in [1.29, 1.82) is 0 Å². The Labute approximate surface area is 178 Å². The van der Waals surface area contributed by atoms with Gasteiger partial charge >= 0.3 is 0 Å². The summed E-state index contributed by atoms with van der Waals surface area (Å²) in [7, 11) is 0. The molecule has 2 aromatic heterocycles. The maximum absolute atomic E-state index is 12.2. The van der Waals surface area contributed by atoms with Crippen molar-refractivity contribution < 1.29 is 4.79 Å². The van der Waals surface area contributed by atoms with Crippen molar-refractivity contribution in [3.8, 4) is 0 Å². The molecule has 7 heteroatoms. The smallest absolute Gasteiger partial charge is 0.269 e. The first kappa shape index (κ1) is 19.4. The van der Waals surface area contributed by atoms with Gasteiger partial charge in [-0.25, -0.2) is 4.98 Å². The molecule has 1 N–H and O–H groups in total. The topological polar surface area (TPSA) is 59.8 Å². The Kier molecular flexibility index (Phi) is 5.79. The summed E-state index contributed by atoms with van der Waals surface area (Å²) in [6, 6.07) is 18.7. The zero-order chi connectivity index (χ0) is 20.2. The number of rotatable bonds is 6. The first-order valence-corrected chi connectivity index (χ1v) is 9.95. The van der Waals surface area contributed by atoms with E-state index in [2.05, 4.69) is 14.9 Å². The van der Waals surface area contributed by atoms with E-state index in [4.69, 9.17) is 28.2 Å². The van der Waals surface area contributed by atoms with Gasteiger partial charge in [0.25, 0.3) is 5.91 Å². The molecule has 29 heavy (non-hydrogen) atoms. The Morgan fingerprint density at radius 1 is 1.03 bits per heavy atom. The van der Waals surface area contributed by atoms with Crippen LogP contribution in [0.4, 0.5) is 0 Å². The third kappa shape index (κ3) is 4.42. The van der Waals surface area contributed by atoms with E-state index >= 15 is 0 Å². The highest BCUT2D eigenvalue weighted by Crippen LogP contribution is 2.24. The summed E-state index contributed by atoms with van der Waals surface area (Å²) in [4.78, 5) is 21.1. The fraction of sp³-hybridized carbons (Fsp3) is 0.136. The first-order valence-electron chi connectivity index (χ1n) is 9.19. The Bertz CT molecular complexity index is 1160. The molecule has 4 aromatic rings. The van der Waals surface area contributed by atoms with E-state index in [1.807, 2.05) is 36.4 Å². The van der Waals surface area contributed by atoms with Crippen molar-refractivity contribution >= 4 is 40.1 Å². The standard InChI is InChI=1S/C22H18Cl2N4O/c23-16-9-8-15(17(24)13-16)14-28-20-7-2-1-5-18(20)27-21(28)10-12-26-22(29)19-6-3-4-11-25-19/h1-9,11,13H,10,12,14H2,(H,26,29). The van der Waals surface area contributed by atoms with Crippen LogP contribution in [0, 0.1) is 0 Å². The van der Waals surface area contributed by atoms with E-state index in [1.165, 1.54) is 0 Å². The number of aromatic nitrogens is 3. The number of pyridine rings is 1. The largest absolute Gasteiger partial charge is 0.350 e. The van der Waals surface area contributed by atoms with Crippen LogP contribution in [0.25, 0.3) is 11.0 Å². The van der Waals surface area contributed by atoms with Crippen molar-refractivity contribution in [2.45, 2.75) is 13.0 Å². The van der Waals surface area contributed by atoms with Crippen molar-refractivity contribution in [1.82, 2.24) is 19.9 Å². The van der Waals surface area contributed by atoms with Crippen LogP contribution in [0.5, 0.6) is 0 Å². The molecule has 0 saturated heterocycles. The zero-order valence-electron chi connectivity index (χ0n) is 15.5. The Hall–Kier alpha value is -2.89. The van der Waals surface area contributed by atoms with E-state index in [-0.39, 0.29) is 5.91 Å². The molecule has 0 spiro atoms. The van der Waals surface area contributed by atoms with E-state index in [0.29, 0.717) is 35.2 Å². The molecule has 0 bridgehead atoms. The van der Waals surface area contributed by atoms with Gasteiger partial charge in [0.05, 0.1) is 17.6 Å². The number of carbonyl (C=O) groups is 1. The van der Waals surface area contributed by atoms with Crippen LogP contribution in [-0.4, -0.2) is 27.0 Å². The van der Waals surface area contributed by atoms with Crippen LogP contribution < -0.4 is 5.32 Å². The summed E-state index contributed by atoms with van der Waals surface area (Å²) < 4.78 is 2.12. The summed E-state index contributed by atoms with van der Waals surface area (Å²) in [5.74, 6) is 0.674. The summed E-state index contributed by atoms with van der Waals surface area (Å²) in [5.41, 5.74) is 3.28. The zero-order valence-corrected chi connectivity index (χ0v) is 17.0. The number of nitrogens with zero attached hydrogens (tertiary/aromatic N) is 3. The van der Waals surface area contributed by atoms with Gasteiger partial charge in [-0.05, 0) is 42.0 Å². The average molecular weight is 425 g/mol. The fourth-order valence-corrected chi connectivity index (χ4v) is 3.66. The molecular formula is C22H18Cl2N4O. The lowest BCUT2D eigenvalue weighted by molar-refractivity contribution is 0.0949. The normalized spacial score (nSPS) is 11.0. The second-order valence-corrected chi connectivity index (χ2v) is 7.40. The first-order chi connectivity index (χ1) is 14.1. The molecular weight excluding hydrogens is 407 g/mol. The molecule has 0 aliphatic rings. The molecule has 2 aromatic carbocycles. The van der Waals surface area contributed by atoms with Crippen molar-refractivity contribution in [3.05, 3.63) is 94.0 Å². The molecule has 0 atom stereocenters. The summed E-state index contributed by atoms with van der Waals surface area (Å²) in [6.45, 7) is 1.02. The highest BCUT2D eigenvalue weighted by Gasteiger charge is 2.13. The van der Waals surface area contributed by atoms with Crippen molar-refractivity contribution in [3.63, 3.8) is 0 Å². The second-order valence-electron chi connectivity index (χ2n) is 6.56. The van der Waals surface area contributed by atoms with E-state index < -0.39 is 0 Å². The Morgan fingerprint density at radius 3 is 2.66 bits per heavy atom. The highest BCUT2D eigenvalue weighted by molar-refractivity contribution is 6.35. The monoisotopic (exact) mass is 424 g/mol. The van der Waals surface area contributed by atoms with Crippen LogP contribution >= 0.6 is 23.2 Å². The molecule has 1 amide bonds. The Morgan fingerprint density at radius 2 is 1.86 bits per heavy atom. The van der Waals surface area contributed by atoms with Crippen LogP contribution in [0.3, 0.4) is 0 Å². The van der Waals surface area contributed by atoms with Crippen LogP contribution in [-0.2, 0) is 13.0 Å². The molecule has 0 aliphatic carbocycles. The van der Waals surface area contributed by atoms with E-state index in [0.717, 1.165) is 22.4 Å². The summed E-state index contributed by atoms with van der Waals surface area (Å²) in [6.07, 6.45) is 2.18. The number of nitrogens with one attached hydrogen (secondary N) is 1. The second kappa shape index (κ2) is 8.64. The number of hydrogen-bond donors (Lipinski definition) is 1. The third-order valence-corrected chi connectivity index (χ3v) is 5.20. The average Bonchev–Trinajstić information content (AvgIpc) is 3.08. The number of benzene rings is 2. The van der Waals surface area contributed by atoms with Crippen LogP contribution in [0.15, 0.2) is 66.9 Å². The molecule has 146 valence electrons. The lowest BCUT2D eigenvalue weighted by Gasteiger charge is -2.11. The minimum atomic E-state index is -0.200. The van der Waals surface area contributed by atoms with Gasteiger partial charge in [0.2, 0.25) is 0 Å². The lowest BCUT2D eigenvalue weighted by Crippen LogP contribution is -2.27. The molecule has 5 nitrogen and oxygen atoms in total. The third-order valence-electron chi connectivity index (χ3n) is 4.61. The summed E-state index contributed by atoms with van der Waals surface area (Å²) in [5, 5.41) is 4.12. The molecule has 4 rings (SSSR count). The molecule has 0 unspecified atom stereocenters. The predicted octanol–water partition coefficient (Wildman–Crippen LogP) is 4.76. The van der Waals surface area contributed by atoms with Crippen LogP contribution in [0.2, 0.25) is 10.0 Å². The summed E-state index contributed by atoms with van der Waals surface area (Å²) >= 11 is 12.4. The SMILES string of the molecule is O=C(NCCc1nc2ccccc2n1Cc1ccc(Cl)cc1Cl)c1ccccn1. The molecule has 0 aliphatic heterocycles. The Balaban J connectivity index is 1.56.